The highest BCUT2D eigenvalue weighted by Gasteiger charge is 2.29. The number of hydrogen-bond acceptors (Lipinski definition) is 4. The molecule has 0 bridgehead atoms. The van der Waals surface area contributed by atoms with Gasteiger partial charge in [-0.15, -0.1) is 0 Å². The first-order valence-corrected chi connectivity index (χ1v) is 9.52. The second-order valence-electron chi connectivity index (χ2n) is 5.94. The van der Waals surface area contributed by atoms with E-state index >= 15 is 0 Å². The van der Waals surface area contributed by atoms with E-state index in [9.17, 15) is 18.3 Å². The highest BCUT2D eigenvalue weighted by atomic mass is 32.2. The molecule has 0 aliphatic carbocycles. The molecule has 2 aromatic rings. The number of phenols is 1. The number of aromatic hydroxyl groups is 1. The molecule has 0 aromatic heterocycles. The molecule has 6 nitrogen and oxygen atoms in total. The van der Waals surface area contributed by atoms with E-state index in [-0.39, 0.29) is 23.0 Å². The molecule has 1 aliphatic rings. The largest absolute Gasteiger partial charge is 0.508 e. The van der Waals surface area contributed by atoms with Gasteiger partial charge < -0.3 is 10.0 Å². The lowest BCUT2D eigenvalue weighted by atomic mass is 10.1. The van der Waals surface area contributed by atoms with Crippen molar-refractivity contribution in [3.05, 3.63) is 60.2 Å². The van der Waals surface area contributed by atoms with Gasteiger partial charge in [0.05, 0.1) is 11.3 Å². The molecule has 25 heavy (non-hydrogen) atoms. The van der Waals surface area contributed by atoms with Crippen molar-refractivity contribution in [3.8, 4) is 5.75 Å². The summed E-state index contributed by atoms with van der Waals surface area (Å²) in [5.74, 6) is 0.124. The first-order valence-electron chi connectivity index (χ1n) is 8.08. The molecule has 1 aliphatic heterocycles. The van der Waals surface area contributed by atoms with E-state index in [0.717, 1.165) is 5.56 Å². The van der Waals surface area contributed by atoms with Gasteiger partial charge in [-0.1, -0.05) is 30.3 Å². The molecule has 1 amide bonds. The Hall–Kier alpha value is -2.38. The molecular weight excluding hydrogens is 340 g/mol. The highest BCUT2D eigenvalue weighted by molar-refractivity contribution is 7.89. The number of amides is 1. The van der Waals surface area contributed by atoms with Crippen molar-refractivity contribution in [2.75, 3.05) is 26.2 Å². The van der Waals surface area contributed by atoms with E-state index in [1.165, 1.54) is 4.31 Å². The van der Waals surface area contributed by atoms with Crippen LogP contribution in [0.4, 0.5) is 0 Å². The van der Waals surface area contributed by atoms with Crippen molar-refractivity contribution in [1.29, 1.82) is 0 Å². The van der Waals surface area contributed by atoms with Gasteiger partial charge in [-0.2, -0.15) is 4.31 Å². The van der Waals surface area contributed by atoms with Crippen molar-refractivity contribution < 1.29 is 18.3 Å². The molecule has 1 N–H and O–H groups in total. The molecular formula is C18H20N2O4S. The van der Waals surface area contributed by atoms with Crippen LogP contribution in [0.25, 0.3) is 0 Å². The van der Waals surface area contributed by atoms with Crippen LogP contribution in [0, 0.1) is 0 Å². The predicted octanol–water partition coefficient (Wildman–Crippen LogP) is 1.47. The van der Waals surface area contributed by atoms with Gasteiger partial charge in [-0.05, 0) is 29.8 Å². The number of hydrogen-bond donors (Lipinski definition) is 1. The Labute approximate surface area is 147 Å². The normalized spacial score (nSPS) is 15.9. The first kappa shape index (κ1) is 17.4. The maximum absolute atomic E-state index is 12.6. The number of sulfonamides is 1. The van der Waals surface area contributed by atoms with E-state index in [1.54, 1.807) is 59.5 Å². The van der Waals surface area contributed by atoms with E-state index in [4.69, 9.17) is 0 Å². The van der Waals surface area contributed by atoms with Crippen LogP contribution in [-0.4, -0.2) is 54.8 Å². The van der Waals surface area contributed by atoms with Gasteiger partial charge in [0.2, 0.25) is 15.9 Å². The number of phenolic OH excluding ortho intramolecular Hbond substituents is 1. The van der Waals surface area contributed by atoms with Crippen LogP contribution in [0.3, 0.4) is 0 Å². The molecule has 3 rings (SSSR count). The van der Waals surface area contributed by atoms with Crippen molar-refractivity contribution in [1.82, 2.24) is 9.21 Å². The summed E-state index contributed by atoms with van der Waals surface area (Å²) in [6.07, 6.45) is 0.242. The van der Waals surface area contributed by atoms with Gasteiger partial charge in [0, 0.05) is 26.2 Å². The summed E-state index contributed by atoms with van der Waals surface area (Å²) in [4.78, 5) is 14.3. The summed E-state index contributed by atoms with van der Waals surface area (Å²) in [5, 5.41) is 9.28. The quantitative estimate of drug-likeness (QED) is 0.896. The zero-order valence-electron chi connectivity index (χ0n) is 13.7. The number of piperazine rings is 1. The second kappa shape index (κ2) is 7.25. The Morgan fingerprint density at radius 2 is 1.52 bits per heavy atom. The van der Waals surface area contributed by atoms with Crippen LogP contribution >= 0.6 is 0 Å². The summed E-state index contributed by atoms with van der Waals surface area (Å²) < 4.78 is 26.6. The number of carbonyl (C=O) groups is 1. The van der Waals surface area contributed by atoms with Crippen molar-refractivity contribution in [2.24, 2.45) is 0 Å². The molecule has 7 heteroatoms. The smallest absolute Gasteiger partial charge is 0.243 e. The van der Waals surface area contributed by atoms with E-state index in [1.807, 2.05) is 0 Å². The number of benzene rings is 2. The fraction of sp³-hybridized carbons (Fsp3) is 0.278. The van der Waals surface area contributed by atoms with Crippen LogP contribution < -0.4 is 0 Å². The topological polar surface area (TPSA) is 77.9 Å². The maximum atomic E-state index is 12.6. The Balaban J connectivity index is 1.60. The summed E-state index contributed by atoms with van der Waals surface area (Å²) in [6.45, 7) is 1.34. The summed E-state index contributed by atoms with van der Waals surface area (Å²) in [5.41, 5.74) is 0.821. The highest BCUT2D eigenvalue weighted by Crippen LogP contribution is 2.18. The van der Waals surface area contributed by atoms with Crippen LogP contribution in [0.15, 0.2) is 59.5 Å². The first-order chi connectivity index (χ1) is 12.0. The van der Waals surface area contributed by atoms with Crippen molar-refractivity contribution in [3.63, 3.8) is 0 Å². The summed E-state index contributed by atoms with van der Waals surface area (Å²) in [7, 11) is -3.51. The molecule has 132 valence electrons. The third kappa shape index (κ3) is 4.00. The Morgan fingerprint density at radius 1 is 0.920 bits per heavy atom. The van der Waals surface area contributed by atoms with Crippen molar-refractivity contribution in [2.45, 2.75) is 11.3 Å². The molecule has 1 saturated heterocycles. The minimum Gasteiger partial charge on any atom is -0.508 e. The number of carbonyl (C=O) groups excluding carboxylic acids is 1. The van der Waals surface area contributed by atoms with Gasteiger partial charge in [0.1, 0.15) is 5.75 Å². The maximum Gasteiger partial charge on any atom is 0.243 e. The lowest BCUT2D eigenvalue weighted by Crippen LogP contribution is -2.50. The van der Waals surface area contributed by atoms with E-state index in [0.29, 0.717) is 26.2 Å². The van der Waals surface area contributed by atoms with Gasteiger partial charge in [0.25, 0.3) is 0 Å². The van der Waals surface area contributed by atoms with Gasteiger partial charge in [-0.25, -0.2) is 8.42 Å². The van der Waals surface area contributed by atoms with Crippen LogP contribution in [-0.2, 0) is 21.2 Å². The fourth-order valence-electron chi connectivity index (χ4n) is 2.82. The van der Waals surface area contributed by atoms with E-state index in [2.05, 4.69) is 0 Å². The minimum atomic E-state index is -3.51. The predicted molar refractivity (Wildman–Crippen MR) is 93.6 cm³/mol. The third-order valence-corrected chi connectivity index (χ3v) is 6.18. The molecule has 0 saturated carbocycles. The minimum absolute atomic E-state index is 0.0394. The van der Waals surface area contributed by atoms with Crippen LogP contribution in [0.1, 0.15) is 5.56 Å². The lowest BCUT2D eigenvalue weighted by molar-refractivity contribution is -0.131. The second-order valence-corrected chi connectivity index (χ2v) is 7.88. The molecule has 0 unspecified atom stereocenters. The zero-order chi connectivity index (χ0) is 17.9. The average molecular weight is 360 g/mol. The Morgan fingerprint density at radius 3 is 2.12 bits per heavy atom. The molecule has 1 heterocycles. The fourth-order valence-corrected chi connectivity index (χ4v) is 4.26. The van der Waals surface area contributed by atoms with Crippen LogP contribution in [0.5, 0.6) is 5.75 Å². The number of rotatable bonds is 4. The SMILES string of the molecule is O=C(Cc1ccc(O)cc1)N1CCN(S(=O)(=O)c2ccccc2)CC1. The molecule has 1 fully saturated rings. The lowest BCUT2D eigenvalue weighted by Gasteiger charge is -2.34. The number of nitrogens with zero attached hydrogens (tertiary/aromatic N) is 2. The third-order valence-electron chi connectivity index (χ3n) is 4.26. The zero-order valence-corrected chi connectivity index (χ0v) is 14.5. The monoisotopic (exact) mass is 360 g/mol. The Bertz CT molecular complexity index is 827. The molecule has 2 aromatic carbocycles. The molecule has 0 spiro atoms. The van der Waals surface area contributed by atoms with Gasteiger partial charge in [-0.3, -0.25) is 4.79 Å². The van der Waals surface area contributed by atoms with Gasteiger partial charge in [0.15, 0.2) is 0 Å². The summed E-state index contributed by atoms with van der Waals surface area (Å²) in [6, 6.07) is 14.9. The summed E-state index contributed by atoms with van der Waals surface area (Å²) >= 11 is 0. The Kier molecular flexibility index (Phi) is 5.06. The average Bonchev–Trinajstić information content (AvgIpc) is 2.64. The van der Waals surface area contributed by atoms with Gasteiger partial charge >= 0.3 is 0 Å². The van der Waals surface area contributed by atoms with Crippen LogP contribution in [0.2, 0.25) is 0 Å². The van der Waals surface area contributed by atoms with Crippen molar-refractivity contribution >= 4 is 15.9 Å². The standard InChI is InChI=1S/C18H20N2O4S/c21-16-8-6-15(7-9-16)14-18(22)19-10-12-20(13-11-19)25(23,24)17-4-2-1-3-5-17/h1-9,21H,10-14H2. The van der Waals surface area contributed by atoms with E-state index < -0.39 is 10.0 Å². The molecule has 0 radical (unpaired) electrons. The molecule has 0 atom stereocenters.